The van der Waals surface area contributed by atoms with Crippen molar-refractivity contribution in [1.29, 1.82) is 0 Å². The smallest absolute Gasteiger partial charge is 0.239 e. The highest BCUT2D eigenvalue weighted by molar-refractivity contribution is 5.81. The van der Waals surface area contributed by atoms with Crippen molar-refractivity contribution in [3.63, 3.8) is 0 Å². The number of hydrogen-bond acceptors (Lipinski definition) is 3. The van der Waals surface area contributed by atoms with Gasteiger partial charge in [0.15, 0.2) is 0 Å². The molecule has 2 amide bonds. The number of nitrogens with zero attached hydrogens (tertiary/aromatic N) is 1. The van der Waals surface area contributed by atoms with E-state index in [-0.39, 0.29) is 23.7 Å². The predicted octanol–water partition coefficient (Wildman–Crippen LogP) is 1.59. The third kappa shape index (κ3) is 4.28. The van der Waals surface area contributed by atoms with Crippen LogP contribution in [0.25, 0.3) is 0 Å². The fraction of sp³-hybridized carbons (Fsp3) is 0.529. The first-order valence-corrected chi connectivity index (χ1v) is 7.98. The number of piperidine rings is 1. The molecule has 1 aliphatic rings. The lowest BCUT2D eigenvalue weighted by atomic mass is 9.88. The molecule has 126 valence electrons. The second-order valence-corrected chi connectivity index (χ2v) is 6.08. The molecule has 0 saturated carbocycles. The van der Waals surface area contributed by atoms with Gasteiger partial charge in [-0.2, -0.15) is 0 Å². The predicted molar refractivity (Wildman–Crippen MR) is 85.9 cm³/mol. The number of benzene rings is 1. The van der Waals surface area contributed by atoms with Crippen LogP contribution in [0, 0.1) is 11.7 Å². The number of primary amides is 1. The van der Waals surface area contributed by atoms with Gasteiger partial charge in [-0.1, -0.05) is 25.5 Å². The van der Waals surface area contributed by atoms with Crippen molar-refractivity contribution in [2.24, 2.45) is 11.7 Å². The van der Waals surface area contributed by atoms with E-state index in [0.29, 0.717) is 18.7 Å². The summed E-state index contributed by atoms with van der Waals surface area (Å²) >= 11 is 0. The first-order chi connectivity index (χ1) is 10.9. The second-order valence-electron chi connectivity index (χ2n) is 6.08. The summed E-state index contributed by atoms with van der Waals surface area (Å²) in [6.45, 7) is 4.99. The van der Waals surface area contributed by atoms with Crippen LogP contribution in [0.15, 0.2) is 24.3 Å². The molecule has 1 saturated heterocycles. The summed E-state index contributed by atoms with van der Waals surface area (Å²) in [5.74, 6) is -0.500. The Kier molecular flexibility index (Phi) is 5.71. The number of rotatable bonds is 5. The van der Waals surface area contributed by atoms with Gasteiger partial charge in [0.05, 0.1) is 0 Å². The summed E-state index contributed by atoms with van der Waals surface area (Å²) in [6, 6.07) is 5.23. The number of nitrogens with one attached hydrogen (secondary N) is 1. The normalized spacial score (nSPS) is 22.7. The molecule has 1 heterocycles. The number of hydrogen-bond donors (Lipinski definition) is 2. The summed E-state index contributed by atoms with van der Waals surface area (Å²) in [5.41, 5.74) is 6.18. The van der Waals surface area contributed by atoms with Gasteiger partial charge in [0, 0.05) is 26.1 Å². The Labute approximate surface area is 136 Å². The van der Waals surface area contributed by atoms with Gasteiger partial charge in [-0.25, -0.2) is 4.39 Å². The van der Waals surface area contributed by atoms with Crippen LogP contribution in [-0.2, 0) is 9.59 Å². The largest absolute Gasteiger partial charge is 0.368 e. The quantitative estimate of drug-likeness (QED) is 0.865. The number of amides is 2. The molecule has 0 bridgehead atoms. The highest BCUT2D eigenvalue weighted by atomic mass is 19.1. The standard InChI is InChI=1S/C17H24FN3O2/c1-3-12-10-21(11(2)22)9-8-15(12)20-16(17(19)23)13-4-6-14(18)7-5-13/h4-7,12,15-16,20H,3,8-10H2,1-2H3,(H2,19,23)/t12-,15-,16-/m1/s1. The van der Waals surface area contributed by atoms with Crippen molar-refractivity contribution < 1.29 is 14.0 Å². The van der Waals surface area contributed by atoms with E-state index >= 15 is 0 Å². The average molecular weight is 321 g/mol. The van der Waals surface area contributed by atoms with Gasteiger partial charge < -0.3 is 10.6 Å². The Bertz CT molecular complexity index is 561. The van der Waals surface area contributed by atoms with E-state index in [1.807, 2.05) is 4.90 Å². The van der Waals surface area contributed by atoms with Crippen molar-refractivity contribution in [2.45, 2.75) is 38.8 Å². The van der Waals surface area contributed by atoms with Gasteiger partial charge in [-0.15, -0.1) is 0 Å². The first kappa shape index (κ1) is 17.4. The fourth-order valence-corrected chi connectivity index (χ4v) is 3.16. The molecule has 0 spiro atoms. The van der Waals surface area contributed by atoms with Crippen LogP contribution >= 0.6 is 0 Å². The number of carbonyl (C=O) groups excluding carboxylic acids is 2. The number of halogens is 1. The minimum absolute atomic E-state index is 0.0758. The van der Waals surface area contributed by atoms with Gasteiger partial charge >= 0.3 is 0 Å². The molecule has 1 aromatic rings. The molecular formula is C17H24FN3O2. The van der Waals surface area contributed by atoms with Gasteiger partial charge in [-0.3, -0.25) is 14.9 Å². The van der Waals surface area contributed by atoms with E-state index in [1.165, 1.54) is 12.1 Å². The van der Waals surface area contributed by atoms with Crippen LogP contribution in [0.5, 0.6) is 0 Å². The molecule has 3 N–H and O–H groups in total. The van der Waals surface area contributed by atoms with Crippen molar-refractivity contribution in [2.75, 3.05) is 13.1 Å². The molecule has 6 heteroatoms. The highest BCUT2D eigenvalue weighted by Gasteiger charge is 2.32. The summed E-state index contributed by atoms with van der Waals surface area (Å²) in [5, 5.41) is 3.32. The van der Waals surface area contributed by atoms with E-state index in [2.05, 4.69) is 12.2 Å². The Hall–Kier alpha value is -1.95. The highest BCUT2D eigenvalue weighted by Crippen LogP contribution is 2.24. The SMILES string of the molecule is CC[C@@H]1CN(C(C)=O)CC[C@H]1N[C@@H](C(N)=O)c1ccc(F)cc1. The maximum Gasteiger partial charge on any atom is 0.239 e. The summed E-state index contributed by atoms with van der Waals surface area (Å²) in [4.78, 5) is 25.2. The summed E-state index contributed by atoms with van der Waals surface area (Å²) in [7, 11) is 0. The zero-order valence-electron chi connectivity index (χ0n) is 13.6. The number of likely N-dealkylation sites (tertiary alicyclic amines) is 1. The van der Waals surface area contributed by atoms with Gasteiger partial charge in [0.1, 0.15) is 11.9 Å². The molecule has 0 aliphatic carbocycles. The minimum Gasteiger partial charge on any atom is -0.368 e. The van der Waals surface area contributed by atoms with Crippen LogP contribution < -0.4 is 11.1 Å². The molecular weight excluding hydrogens is 297 g/mol. The van der Waals surface area contributed by atoms with E-state index in [9.17, 15) is 14.0 Å². The van der Waals surface area contributed by atoms with Crippen LogP contribution in [0.1, 0.15) is 38.3 Å². The number of carbonyl (C=O) groups is 2. The molecule has 2 rings (SSSR count). The number of nitrogens with two attached hydrogens (primary N) is 1. The molecule has 1 fully saturated rings. The molecule has 0 aromatic heterocycles. The second kappa shape index (κ2) is 7.55. The lowest BCUT2D eigenvalue weighted by Gasteiger charge is -2.39. The van der Waals surface area contributed by atoms with Gasteiger partial charge in [0.25, 0.3) is 0 Å². The molecule has 3 atom stereocenters. The Morgan fingerprint density at radius 2 is 2.04 bits per heavy atom. The molecule has 5 nitrogen and oxygen atoms in total. The third-order valence-electron chi connectivity index (χ3n) is 4.57. The molecule has 0 unspecified atom stereocenters. The zero-order chi connectivity index (χ0) is 17.0. The van der Waals surface area contributed by atoms with Crippen molar-refractivity contribution in [3.8, 4) is 0 Å². The topological polar surface area (TPSA) is 75.4 Å². The van der Waals surface area contributed by atoms with Crippen LogP contribution in [0.4, 0.5) is 4.39 Å². The van der Waals surface area contributed by atoms with Crippen molar-refractivity contribution >= 4 is 11.8 Å². The van der Waals surface area contributed by atoms with Crippen LogP contribution in [-0.4, -0.2) is 35.8 Å². The van der Waals surface area contributed by atoms with Gasteiger partial charge in [0.2, 0.25) is 11.8 Å². The molecule has 1 aromatic carbocycles. The molecule has 23 heavy (non-hydrogen) atoms. The maximum absolute atomic E-state index is 13.1. The monoisotopic (exact) mass is 321 g/mol. The Balaban J connectivity index is 2.12. The van der Waals surface area contributed by atoms with Crippen molar-refractivity contribution in [1.82, 2.24) is 10.2 Å². The Morgan fingerprint density at radius 1 is 1.39 bits per heavy atom. The van der Waals surface area contributed by atoms with E-state index in [1.54, 1.807) is 19.1 Å². The van der Waals surface area contributed by atoms with E-state index in [0.717, 1.165) is 12.8 Å². The maximum atomic E-state index is 13.1. The lowest BCUT2D eigenvalue weighted by molar-refractivity contribution is -0.131. The average Bonchev–Trinajstić information content (AvgIpc) is 2.53. The molecule has 0 radical (unpaired) electrons. The van der Waals surface area contributed by atoms with E-state index < -0.39 is 11.9 Å². The van der Waals surface area contributed by atoms with E-state index in [4.69, 9.17) is 5.73 Å². The third-order valence-corrected chi connectivity index (χ3v) is 4.57. The summed E-state index contributed by atoms with van der Waals surface area (Å²) in [6.07, 6.45) is 1.67. The zero-order valence-corrected chi connectivity index (χ0v) is 13.6. The first-order valence-electron chi connectivity index (χ1n) is 7.98. The van der Waals surface area contributed by atoms with Crippen LogP contribution in [0.3, 0.4) is 0 Å². The molecule has 1 aliphatic heterocycles. The fourth-order valence-electron chi connectivity index (χ4n) is 3.16. The van der Waals surface area contributed by atoms with Gasteiger partial charge in [-0.05, 0) is 30.0 Å². The minimum atomic E-state index is -0.654. The van der Waals surface area contributed by atoms with Crippen LogP contribution in [0.2, 0.25) is 0 Å². The van der Waals surface area contributed by atoms with Crippen molar-refractivity contribution in [3.05, 3.63) is 35.6 Å². The Morgan fingerprint density at radius 3 is 2.57 bits per heavy atom. The lowest BCUT2D eigenvalue weighted by Crippen LogP contribution is -2.52. The summed E-state index contributed by atoms with van der Waals surface area (Å²) < 4.78 is 13.1.